The molecule has 0 aliphatic rings. The van der Waals surface area contributed by atoms with Crippen LogP contribution in [0.3, 0.4) is 0 Å². The molecule has 0 saturated carbocycles. The van der Waals surface area contributed by atoms with Crippen LogP contribution in [0.25, 0.3) is 0 Å². The number of unbranched alkanes of at least 4 members (excludes halogenated alkanes) is 21. The summed E-state index contributed by atoms with van der Waals surface area (Å²) in [4.78, 5) is 2.30. The number of aromatic hydroxyl groups is 3. The Morgan fingerprint density at radius 1 is 0.393 bits per heavy atom. The van der Waals surface area contributed by atoms with E-state index < -0.39 is 0 Å². The number of nitrogens with zero attached hydrogens (tertiary/aromatic N) is 1. The highest BCUT2D eigenvalue weighted by Gasteiger charge is 2.06. The van der Waals surface area contributed by atoms with Crippen molar-refractivity contribution >= 4 is 0 Å². The van der Waals surface area contributed by atoms with E-state index in [1.807, 2.05) is 57.2 Å². The third-order valence-electron chi connectivity index (χ3n) is 11.6. The molecule has 0 amide bonds. The molecule has 0 bridgehead atoms. The maximum Gasteiger partial charge on any atom is 0.120 e. The molecular weight excluding hydrogens is 751 g/mol. The number of nitrogens with one attached hydrogen (secondary N) is 2. The Kier molecular flexibility index (Phi) is 35.4. The van der Waals surface area contributed by atoms with Crippen LogP contribution in [0.2, 0.25) is 0 Å². The highest BCUT2D eigenvalue weighted by atomic mass is 16.3. The fraction of sp³-hybridized carbons (Fsp3) is 0.673. The molecule has 0 spiro atoms. The van der Waals surface area contributed by atoms with Gasteiger partial charge >= 0.3 is 0 Å². The Hall–Kier alpha value is -3.06. The van der Waals surface area contributed by atoms with Crippen LogP contribution in [0.15, 0.2) is 54.6 Å². The maximum absolute atomic E-state index is 9.89. The van der Waals surface area contributed by atoms with E-state index in [0.717, 1.165) is 72.6 Å². The molecule has 0 heterocycles. The molecule has 5 N–H and O–H groups in total. The predicted molar refractivity (Wildman–Crippen MR) is 266 cm³/mol. The van der Waals surface area contributed by atoms with Crippen LogP contribution in [0.1, 0.15) is 208 Å². The minimum absolute atomic E-state index is 0.397. The van der Waals surface area contributed by atoms with Gasteiger partial charge in [0.1, 0.15) is 17.2 Å². The lowest BCUT2D eigenvalue weighted by Gasteiger charge is -2.17. The summed E-state index contributed by atoms with van der Waals surface area (Å²) < 4.78 is 0. The first kappa shape index (κ1) is 56.0. The van der Waals surface area contributed by atoms with Gasteiger partial charge in [-0.15, -0.1) is 0 Å². The van der Waals surface area contributed by atoms with Gasteiger partial charge in [0.15, 0.2) is 0 Å². The standard InChI is InChI=1S/C26H47NO.C17H29NO.C12H19NO/c1-3-4-5-6-7-8-9-10-11-12-13-14-15-16-17-18-21-27-23-25-20-19-24(2)22-26(25)28;1-4-5-6-7-8-9-12-18(3)14-16-11-10-15(2)13-17(16)19;1-3-4-7-13-9-11-6-5-10(2)8-12(11)14/h19-20,22,27-28H,3-18,21,23H2,1-2H3;10-11,13,19H,4-9,12,14H2,1-3H3;5-6,8,13-14H,3-4,7,9H2,1-2H3. The third kappa shape index (κ3) is 31.4. The maximum atomic E-state index is 9.89. The average Bonchev–Trinajstić information content (AvgIpc) is 3.23. The summed E-state index contributed by atoms with van der Waals surface area (Å²) in [5.74, 6) is 1.24. The molecule has 0 aliphatic carbocycles. The zero-order chi connectivity index (χ0) is 44.8. The van der Waals surface area contributed by atoms with Gasteiger partial charge in [-0.1, -0.05) is 192 Å². The average molecular weight is 846 g/mol. The molecule has 0 fully saturated rings. The monoisotopic (exact) mass is 846 g/mol. The first-order valence-electron chi connectivity index (χ1n) is 25.1. The predicted octanol–water partition coefficient (Wildman–Crippen LogP) is 15.1. The van der Waals surface area contributed by atoms with Crippen molar-refractivity contribution in [3.05, 3.63) is 88.0 Å². The van der Waals surface area contributed by atoms with Crippen molar-refractivity contribution in [2.75, 3.05) is 26.7 Å². The quantitative estimate of drug-likeness (QED) is 0.0393. The van der Waals surface area contributed by atoms with Crippen LogP contribution in [-0.2, 0) is 19.6 Å². The van der Waals surface area contributed by atoms with Crippen molar-refractivity contribution in [3.8, 4) is 17.2 Å². The SMILES string of the molecule is CCCCCCCCCCCCCCCCCCNCc1ccc(C)cc1O.CCCCCCCCN(C)Cc1ccc(C)cc1O.CCCCNCc1ccc(C)cc1O. The first-order valence-corrected chi connectivity index (χ1v) is 25.1. The summed E-state index contributed by atoms with van der Waals surface area (Å²) in [5, 5.41) is 36.1. The first-order chi connectivity index (χ1) is 29.6. The van der Waals surface area contributed by atoms with E-state index in [4.69, 9.17) is 0 Å². The summed E-state index contributed by atoms with van der Waals surface area (Å²) in [6, 6.07) is 17.7. The number of rotatable bonds is 33. The zero-order valence-electron chi connectivity index (χ0n) is 40.7. The minimum Gasteiger partial charge on any atom is -0.508 e. The number of phenols is 3. The molecule has 3 aromatic rings. The van der Waals surface area contributed by atoms with Crippen molar-refractivity contribution in [1.82, 2.24) is 15.5 Å². The van der Waals surface area contributed by atoms with Gasteiger partial charge in [-0.3, -0.25) is 0 Å². The normalized spacial score (nSPS) is 11.0. The molecule has 348 valence electrons. The fourth-order valence-corrected chi connectivity index (χ4v) is 7.53. The van der Waals surface area contributed by atoms with Gasteiger partial charge in [0, 0.05) is 36.3 Å². The number of hydrogen-bond acceptors (Lipinski definition) is 6. The van der Waals surface area contributed by atoms with Crippen molar-refractivity contribution in [2.24, 2.45) is 0 Å². The lowest BCUT2D eigenvalue weighted by molar-refractivity contribution is 0.310. The van der Waals surface area contributed by atoms with E-state index in [1.165, 1.54) is 154 Å². The molecule has 0 radical (unpaired) electrons. The Balaban J connectivity index is 0.000000488. The Morgan fingerprint density at radius 2 is 0.705 bits per heavy atom. The van der Waals surface area contributed by atoms with E-state index in [0.29, 0.717) is 17.2 Å². The molecule has 6 nitrogen and oxygen atoms in total. The van der Waals surface area contributed by atoms with Crippen LogP contribution < -0.4 is 10.6 Å². The Labute approximate surface area is 376 Å². The van der Waals surface area contributed by atoms with Gasteiger partial charge in [0.25, 0.3) is 0 Å². The number of phenolic OH excluding ortho intramolecular Hbond substituents is 3. The van der Waals surface area contributed by atoms with Crippen LogP contribution >= 0.6 is 0 Å². The molecule has 0 unspecified atom stereocenters. The summed E-state index contributed by atoms with van der Waals surface area (Å²) in [6.07, 6.45) is 33.0. The van der Waals surface area contributed by atoms with E-state index in [-0.39, 0.29) is 0 Å². The Bertz CT molecular complexity index is 1460. The Morgan fingerprint density at radius 3 is 1.07 bits per heavy atom. The highest BCUT2D eigenvalue weighted by Crippen LogP contribution is 2.21. The van der Waals surface area contributed by atoms with Crippen LogP contribution in [-0.4, -0.2) is 46.9 Å². The van der Waals surface area contributed by atoms with Crippen LogP contribution in [0, 0.1) is 20.8 Å². The molecule has 3 aromatic carbocycles. The molecule has 0 saturated heterocycles. The van der Waals surface area contributed by atoms with Gasteiger partial charge in [-0.2, -0.15) is 0 Å². The summed E-state index contributed by atoms with van der Waals surface area (Å²) >= 11 is 0. The largest absolute Gasteiger partial charge is 0.508 e. The third-order valence-corrected chi connectivity index (χ3v) is 11.6. The van der Waals surface area contributed by atoms with E-state index >= 15 is 0 Å². The number of aryl methyl sites for hydroxylation is 3. The molecule has 6 heteroatoms. The second kappa shape index (κ2) is 38.6. The molecule has 0 atom stereocenters. The highest BCUT2D eigenvalue weighted by molar-refractivity contribution is 5.37. The molecule has 61 heavy (non-hydrogen) atoms. The number of hydrogen-bond donors (Lipinski definition) is 5. The van der Waals surface area contributed by atoms with E-state index in [2.05, 4.69) is 55.5 Å². The molecule has 0 aliphatic heterocycles. The topological polar surface area (TPSA) is 88.0 Å². The lowest BCUT2D eigenvalue weighted by Crippen LogP contribution is -2.19. The summed E-state index contributed by atoms with van der Waals surface area (Å²) in [7, 11) is 2.13. The van der Waals surface area contributed by atoms with Crippen molar-refractivity contribution in [1.29, 1.82) is 0 Å². The smallest absolute Gasteiger partial charge is 0.120 e. The van der Waals surface area contributed by atoms with Crippen molar-refractivity contribution in [3.63, 3.8) is 0 Å². The van der Waals surface area contributed by atoms with Gasteiger partial charge in [0.05, 0.1) is 0 Å². The second-order valence-corrected chi connectivity index (χ2v) is 17.9. The van der Waals surface area contributed by atoms with Gasteiger partial charge < -0.3 is 30.9 Å². The van der Waals surface area contributed by atoms with E-state index in [1.54, 1.807) is 6.07 Å². The second-order valence-electron chi connectivity index (χ2n) is 17.9. The summed E-state index contributed by atoms with van der Waals surface area (Å²) in [5.41, 5.74) is 6.33. The van der Waals surface area contributed by atoms with Gasteiger partial charge in [0.2, 0.25) is 0 Å². The van der Waals surface area contributed by atoms with Crippen molar-refractivity contribution < 1.29 is 15.3 Å². The van der Waals surface area contributed by atoms with E-state index in [9.17, 15) is 15.3 Å². The van der Waals surface area contributed by atoms with Crippen LogP contribution in [0.5, 0.6) is 17.2 Å². The summed E-state index contributed by atoms with van der Waals surface area (Å²) in [6.45, 7) is 18.2. The molecular formula is C55H95N3O3. The van der Waals surface area contributed by atoms with Crippen molar-refractivity contribution in [2.45, 2.75) is 215 Å². The number of benzene rings is 3. The van der Waals surface area contributed by atoms with Crippen LogP contribution in [0.4, 0.5) is 0 Å². The minimum atomic E-state index is 0.397. The molecule has 0 aromatic heterocycles. The molecule has 3 rings (SSSR count). The zero-order valence-corrected chi connectivity index (χ0v) is 40.7. The van der Waals surface area contributed by atoms with Gasteiger partial charge in [-0.05, 0) is 102 Å². The fourth-order valence-electron chi connectivity index (χ4n) is 7.53. The van der Waals surface area contributed by atoms with Gasteiger partial charge in [-0.25, -0.2) is 0 Å². The lowest BCUT2D eigenvalue weighted by atomic mass is 10.0.